The zero-order valence-corrected chi connectivity index (χ0v) is 11.0. The Morgan fingerprint density at radius 3 is 2.82 bits per heavy atom. The first-order valence-corrected chi connectivity index (χ1v) is 6.64. The van der Waals surface area contributed by atoms with E-state index in [1.165, 1.54) is 0 Å². The van der Waals surface area contributed by atoms with Gasteiger partial charge in [0, 0.05) is 11.9 Å². The van der Waals surface area contributed by atoms with Crippen LogP contribution in [0, 0.1) is 0 Å². The van der Waals surface area contributed by atoms with E-state index in [0.29, 0.717) is 13.2 Å². The van der Waals surface area contributed by atoms with Crippen molar-refractivity contribution in [3.8, 4) is 0 Å². The van der Waals surface area contributed by atoms with Gasteiger partial charge < -0.3 is 4.74 Å². The van der Waals surface area contributed by atoms with Gasteiger partial charge in [-0.05, 0) is 5.56 Å². The largest absolute Gasteiger partial charge is 0.447 e. The fraction of sp³-hybridized carbons (Fsp3) is 0.308. The van der Waals surface area contributed by atoms with E-state index in [0.717, 1.165) is 10.9 Å². The monoisotopic (exact) mass is 295 g/mol. The summed E-state index contributed by atoms with van der Waals surface area (Å²) in [5, 5.41) is 0.798. The first-order chi connectivity index (χ1) is 8.33. The van der Waals surface area contributed by atoms with Crippen molar-refractivity contribution in [2.24, 2.45) is 0 Å². The quantitative estimate of drug-likeness (QED) is 0.631. The summed E-state index contributed by atoms with van der Waals surface area (Å²) < 4.78 is 5.10. The molecule has 1 aromatic carbocycles. The molecule has 1 amide bonds. The molecule has 3 nitrogen and oxygen atoms in total. The van der Waals surface area contributed by atoms with E-state index in [2.05, 4.69) is 15.9 Å². The summed E-state index contributed by atoms with van der Waals surface area (Å²) in [5.41, 5.74) is 1.12. The Balaban J connectivity index is 2.11. The maximum Gasteiger partial charge on any atom is 0.410 e. The van der Waals surface area contributed by atoms with Crippen LogP contribution in [-0.2, 0) is 4.74 Å². The maximum absolute atomic E-state index is 11.6. The second-order valence-corrected chi connectivity index (χ2v) is 4.43. The number of benzene rings is 1. The molecule has 1 aliphatic rings. The Labute approximate surface area is 109 Å². The third kappa shape index (κ3) is 2.88. The Bertz CT molecular complexity index is 405. The number of halogens is 1. The summed E-state index contributed by atoms with van der Waals surface area (Å²) >= 11 is 3.31. The highest BCUT2D eigenvalue weighted by Gasteiger charge is 2.32. The van der Waals surface area contributed by atoms with E-state index in [4.69, 9.17) is 4.74 Å². The normalized spacial score (nSPS) is 19.9. The van der Waals surface area contributed by atoms with Crippen LogP contribution in [0.15, 0.2) is 42.5 Å². The second kappa shape index (κ2) is 5.87. The van der Waals surface area contributed by atoms with Crippen molar-refractivity contribution >= 4 is 22.0 Å². The molecule has 0 saturated carbocycles. The fourth-order valence-electron chi connectivity index (χ4n) is 1.85. The number of rotatable bonds is 4. The Morgan fingerprint density at radius 2 is 2.12 bits per heavy atom. The summed E-state index contributed by atoms with van der Waals surface area (Å²) in [6.45, 7) is 1.02. The summed E-state index contributed by atoms with van der Waals surface area (Å²) in [6, 6.07) is 10.00. The minimum absolute atomic E-state index is 0.0312. The molecular formula is C13H14BrNO2. The molecule has 90 valence electrons. The highest BCUT2D eigenvalue weighted by molar-refractivity contribution is 9.09. The Kier molecular flexibility index (Phi) is 4.20. The number of amides is 1. The minimum Gasteiger partial charge on any atom is -0.447 e. The van der Waals surface area contributed by atoms with Crippen molar-refractivity contribution in [1.82, 2.24) is 4.90 Å². The van der Waals surface area contributed by atoms with Crippen LogP contribution in [0.25, 0.3) is 0 Å². The molecule has 0 aromatic heterocycles. The average molecular weight is 296 g/mol. The van der Waals surface area contributed by atoms with Crippen molar-refractivity contribution < 1.29 is 9.53 Å². The molecule has 0 unspecified atom stereocenters. The molecule has 2 rings (SSSR count). The van der Waals surface area contributed by atoms with Gasteiger partial charge in [-0.1, -0.05) is 58.4 Å². The molecule has 1 aliphatic heterocycles. The van der Waals surface area contributed by atoms with Crippen LogP contribution >= 0.6 is 15.9 Å². The topological polar surface area (TPSA) is 29.5 Å². The summed E-state index contributed by atoms with van der Waals surface area (Å²) in [7, 11) is 0. The van der Waals surface area contributed by atoms with Crippen molar-refractivity contribution in [3.63, 3.8) is 0 Å². The standard InChI is InChI=1S/C13H14BrNO2/c14-8-4-5-9-15-12(10-17-13(15)16)11-6-2-1-3-7-11/h1-7,12H,8-10H2/b5-4+/t12-/m0/s1. The van der Waals surface area contributed by atoms with Crippen LogP contribution < -0.4 is 0 Å². The van der Waals surface area contributed by atoms with Crippen LogP contribution in [-0.4, -0.2) is 29.5 Å². The van der Waals surface area contributed by atoms with E-state index < -0.39 is 0 Å². The van der Waals surface area contributed by atoms with Gasteiger partial charge in [0.2, 0.25) is 0 Å². The molecule has 1 fully saturated rings. The lowest BCUT2D eigenvalue weighted by molar-refractivity contribution is 0.160. The van der Waals surface area contributed by atoms with E-state index in [-0.39, 0.29) is 12.1 Å². The first kappa shape index (κ1) is 12.2. The van der Waals surface area contributed by atoms with E-state index in [1.807, 2.05) is 42.5 Å². The molecule has 0 aliphatic carbocycles. The van der Waals surface area contributed by atoms with Crippen LogP contribution in [0.4, 0.5) is 4.79 Å². The maximum atomic E-state index is 11.6. The second-order valence-electron chi connectivity index (χ2n) is 3.78. The highest BCUT2D eigenvalue weighted by Crippen LogP contribution is 2.27. The lowest BCUT2D eigenvalue weighted by atomic mass is 10.1. The number of nitrogens with zero attached hydrogens (tertiary/aromatic N) is 1. The van der Waals surface area contributed by atoms with Crippen LogP contribution in [0.1, 0.15) is 11.6 Å². The molecule has 0 radical (unpaired) electrons. The number of carbonyl (C=O) groups is 1. The lowest BCUT2D eigenvalue weighted by Crippen LogP contribution is -2.27. The van der Waals surface area contributed by atoms with Crippen molar-refractivity contribution in [2.45, 2.75) is 6.04 Å². The molecular weight excluding hydrogens is 282 g/mol. The number of allylic oxidation sites excluding steroid dienone is 1. The predicted molar refractivity (Wildman–Crippen MR) is 70.2 cm³/mol. The van der Waals surface area contributed by atoms with Gasteiger partial charge in [0.25, 0.3) is 0 Å². The lowest BCUT2D eigenvalue weighted by Gasteiger charge is -2.19. The third-order valence-electron chi connectivity index (χ3n) is 2.72. The molecule has 17 heavy (non-hydrogen) atoms. The van der Waals surface area contributed by atoms with Gasteiger partial charge in [-0.15, -0.1) is 0 Å². The molecule has 1 heterocycles. The van der Waals surface area contributed by atoms with E-state index >= 15 is 0 Å². The molecule has 0 bridgehead atoms. The van der Waals surface area contributed by atoms with Gasteiger partial charge in [0.15, 0.2) is 0 Å². The predicted octanol–water partition coefficient (Wildman–Crippen LogP) is 3.13. The van der Waals surface area contributed by atoms with Crippen molar-refractivity contribution in [2.75, 3.05) is 18.5 Å². The first-order valence-electron chi connectivity index (χ1n) is 5.52. The molecule has 0 spiro atoms. The zero-order valence-electron chi connectivity index (χ0n) is 9.38. The number of carbonyl (C=O) groups excluding carboxylic acids is 1. The van der Waals surface area contributed by atoms with Crippen LogP contribution in [0.2, 0.25) is 0 Å². The van der Waals surface area contributed by atoms with E-state index in [1.54, 1.807) is 4.90 Å². The van der Waals surface area contributed by atoms with Crippen LogP contribution in [0.5, 0.6) is 0 Å². The highest BCUT2D eigenvalue weighted by atomic mass is 79.9. The van der Waals surface area contributed by atoms with Crippen molar-refractivity contribution in [3.05, 3.63) is 48.0 Å². The molecule has 1 atom stereocenters. The number of alkyl halides is 1. The van der Waals surface area contributed by atoms with Gasteiger partial charge in [0.05, 0.1) is 6.04 Å². The average Bonchev–Trinajstić information content (AvgIpc) is 2.73. The smallest absolute Gasteiger partial charge is 0.410 e. The number of hydrogen-bond donors (Lipinski definition) is 0. The minimum atomic E-state index is -0.238. The third-order valence-corrected chi connectivity index (χ3v) is 3.09. The summed E-state index contributed by atoms with van der Waals surface area (Å²) in [5.74, 6) is 0. The Morgan fingerprint density at radius 1 is 1.35 bits per heavy atom. The van der Waals surface area contributed by atoms with Crippen molar-refractivity contribution in [1.29, 1.82) is 0 Å². The zero-order chi connectivity index (χ0) is 12.1. The number of hydrogen-bond acceptors (Lipinski definition) is 2. The molecule has 4 heteroatoms. The van der Waals surface area contributed by atoms with Gasteiger partial charge >= 0.3 is 6.09 Å². The Hall–Kier alpha value is -1.29. The molecule has 0 N–H and O–H groups in total. The van der Waals surface area contributed by atoms with Gasteiger partial charge in [-0.3, -0.25) is 4.90 Å². The SMILES string of the molecule is O=C1OC[C@@H](c2ccccc2)N1C/C=C/CBr. The van der Waals surface area contributed by atoms with Gasteiger partial charge in [0.1, 0.15) is 6.61 Å². The molecule has 1 aromatic rings. The summed E-state index contributed by atoms with van der Waals surface area (Å²) in [4.78, 5) is 13.4. The number of ether oxygens (including phenoxy) is 1. The van der Waals surface area contributed by atoms with E-state index in [9.17, 15) is 4.79 Å². The van der Waals surface area contributed by atoms with Gasteiger partial charge in [-0.25, -0.2) is 4.79 Å². The summed E-state index contributed by atoms with van der Waals surface area (Å²) in [6.07, 6.45) is 3.71. The van der Waals surface area contributed by atoms with Gasteiger partial charge in [-0.2, -0.15) is 0 Å². The fourth-order valence-corrected chi connectivity index (χ4v) is 2.12. The number of cyclic esters (lactones) is 1. The van der Waals surface area contributed by atoms with Crippen LogP contribution in [0.3, 0.4) is 0 Å². The molecule has 1 saturated heterocycles.